The lowest BCUT2D eigenvalue weighted by Crippen LogP contribution is -2.24. The van der Waals surface area contributed by atoms with Crippen LogP contribution in [0, 0.1) is 5.82 Å². The van der Waals surface area contributed by atoms with Crippen LogP contribution in [0.15, 0.2) is 45.5 Å². The lowest BCUT2D eigenvalue weighted by molar-refractivity contribution is 0.299. The van der Waals surface area contributed by atoms with Gasteiger partial charge in [0.15, 0.2) is 0 Å². The molecule has 1 heterocycles. The second kappa shape index (κ2) is 6.73. The van der Waals surface area contributed by atoms with Crippen molar-refractivity contribution in [3.05, 3.63) is 52.6 Å². The average Bonchev–Trinajstić information content (AvgIpc) is 2.92. The number of hydrogen-bond acceptors (Lipinski definition) is 3. The molecule has 1 N–H and O–H groups in total. The van der Waals surface area contributed by atoms with E-state index in [1.54, 1.807) is 12.3 Å². The van der Waals surface area contributed by atoms with E-state index in [4.69, 9.17) is 9.15 Å². The van der Waals surface area contributed by atoms with Gasteiger partial charge in [-0.3, -0.25) is 0 Å². The molecule has 0 saturated heterocycles. The van der Waals surface area contributed by atoms with E-state index in [0.29, 0.717) is 18.9 Å². The molecule has 0 radical (unpaired) electrons. The summed E-state index contributed by atoms with van der Waals surface area (Å²) in [7, 11) is 0. The highest BCUT2D eigenvalue weighted by molar-refractivity contribution is 9.10. The zero-order valence-corrected chi connectivity index (χ0v) is 12.1. The molecule has 3 nitrogen and oxygen atoms in total. The first-order chi connectivity index (χ1) is 9.16. The SMILES string of the molecule is CC(NCCOc1cc(F)ccc1Br)c1ccco1. The highest BCUT2D eigenvalue weighted by Gasteiger charge is 2.07. The predicted molar refractivity (Wildman–Crippen MR) is 74.7 cm³/mol. The number of furan rings is 1. The Balaban J connectivity index is 1.76. The topological polar surface area (TPSA) is 34.4 Å². The van der Waals surface area contributed by atoms with E-state index < -0.39 is 0 Å². The van der Waals surface area contributed by atoms with Gasteiger partial charge in [-0.25, -0.2) is 4.39 Å². The summed E-state index contributed by atoms with van der Waals surface area (Å²) in [5, 5.41) is 3.26. The van der Waals surface area contributed by atoms with Gasteiger partial charge in [-0.2, -0.15) is 0 Å². The van der Waals surface area contributed by atoms with Crippen LogP contribution in [0.25, 0.3) is 0 Å². The van der Waals surface area contributed by atoms with Crippen molar-refractivity contribution < 1.29 is 13.5 Å². The number of halogens is 2. The van der Waals surface area contributed by atoms with E-state index in [1.807, 2.05) is 19.1 Å². The molecule has 1 unspecified atom stereocenters. The van der Waals surface area contributed by atoms with Crippen LogP contribution in [0.2, 0.25) is 0 Å². The van der Waals surface area contributed by atoms with Gasteiger partial charge in [0, 0.05) is 12.6 Å². The maximum atomic E-state index is 13.0. The fraction of sp³-hybridized carbons (Fsp3) is 0.286. The molecule has 2 rings (SSSR count). The Labute approximate surface area is 119 Å². The zero-order chi connectivity index (χ0) is 13.7. The normalized spacial score (nSPS) is 12.4. The van der Waals surface area contributed by atoms with Crippen molar-refractivity contribution in [1.29, 1.82) is 0 Å². The summed E-state index contributed by atoms with van der Waals surface area (Å²) in [5.41, 5.74) is 0. The molecule has 5 heteroatoms. The van der Waals surface area contributed by atoms with E-state index in [-0.39, 0.29) is 11.9 Å². The van der Waals surface area contributed by atoms with Gasteiger partial charge >= 0.3 is 0 Å². The van der Waals surface area contributed by atoms with Crippen molar-refractivity contribution in [2.24, 2.45) is 0 Å². The molecule has 2 aromatic rings. The standard InChI is InChI=1S/C14H15BrFNO2/c1-10(13-3-2-7-18-13)17-6-8-19-14-9-11(16)4-5-12(14)15/h2-5,7,9-10,17H,6,8H2,1H3. The van der Waals surface area contributed by atoms with Gasteiger partial charge in [0.25, 0.3) is 0 Å². The summed E-state index contributed by atoms with van der Waals surface area (Å²) in [4.78, 5) is 0. The van der Waals surface area contributed by atoms with E-state index in [9.17, 15) is 4.39 Å². The Hall–Kier alpha value is -1.33. The molecule has 0 saturated carbocycles. The molecular weight excluding hydrogens is 313 g/mol. The van der Waals surface area contributed by atoms with Crippen molar-refractivity contribution in [1.82, 2.24) is 5.32 Å². The molecule has 0 fully saturated rings. The van der Waals surface area contributed by atoms with Gasteiger partial charge in [0.05, 0.1) is 16.8 Å². The maximum absolute atomic E-state index is 13.0. The second-order valence-electron chi connectivity index (χ2n) is 4.11. The van der Waals surface area contributed by atoms with Gasteiger partial charge in [0.1, 0.15) is 23.9 Å². The Bertz CT molecular complexity index is 516. The smallest absolute Gasteiger partial charge is 0.136 e. The third kappa shape index (κ3) is 4.08. The molecule has 19 heavy (non-hydrogen) atoms. The van der Waals surface area contributed by atoms with Gasteiger partial charge < -0.3 is 14.5 Å². The zero-order valence-electron chi connectivity index (χ0n) is 10.5. The number of rotatable bonds is 6. The summed E-state index contributed by atoms with van der Waals surface area (Å²) in [6, 6.07) is 8.27. The van der Waals surface area contributed by atoms with Crippen molar-refractivity contribution in [2.75, 3.05) is 13.2 Å². The lowest BCUT2D eigenvalue weighted by Gasteiger charge is -2.12. The van der Waals surface area contributed by atoms with Crippen LogP contribution in [0.1, 0.15) is 18.7 Å². The molecule has 1 aromatic heterocycles. The molecule has 1 aromatic carbocycles. The van der Waals surface area contributed by atoms with E-state index in [2.05, 4.69) is 21.2 Å². The lowest BCUT2D eigenvalue weighted by atomic mass is 10.2. The van der Waals surface area contributed by atoms with Crippen LogP contribution in [0.3, 0.4) is 0 Å². The molecule has 1 atom stereocenters. The van der Waals surface area contributed by atoms with Crippen LogP contribution in [-0.4, -0.2) is 13.2 Å². The van der Waals surface area contributed by atoms with Gasteiger partial charge in [-0.05, 0) is 47.1 Å². The number of benzene rings is 1. The predicted octanol–water partition coefficient (Wildman–Crippen LogP) is 3.91. The van der Waals surface area contributed by atoms with Crippen molar-refractivity contribution in [3.8, 4) is 5.75 Å². The van der Waals surface area contributed by atoms with E-state index in [0.717, 1.165) is 10.2 Å². The van der Waals surface area contributed by atoms with Crippen LogP contribution < -0.4 is 10.1 Å². The molecule has 0 bridgehead atoms. The molecule has 0 aliphatic rings. The molecule has 0 aliphatic carbocycles. The summed E-state index contributed by atoms with van der Waals surface area (Å²) in [5.74, 6) is 1.08. The van der Waals surface area contributed by atoms with Gasteiger partial charge in [0.2, 0.25) is 0 Å². The first-order valence-corrected chi connectivity index (χ1v) is 6.81. The Morgan fingerprint density at radius 1 is 1.42 bits per heavy atom. The third-order valence-corrected chi connectivity index (χ3v) is 3.33. The van der Waals surface area contributed by atoms with E-state index >= 15 is 0 Å². The van der Waals surface area contributed by atoms with Crippen molar-refractivity contribution >= 4 is 15.9 Å². The summed E-state index contributed by atoms with van der Waals surface area (Å²) in [6.07, 6.45) is 1.65. The van der Waals surface area contributed by atoms with Crippen molar-refractivity contribution in [3.63, 3.8) is 0 Å². The highest BCUT2D eigenvalue weighted by atomic mass is 79.9. The molecule has 102 valence electrons. The fourth-order valence-corrected chi connectivity index (χ4v) is 2.02. The van der Waals surface area contributed by atoms with Crippen LogP contribution >= 0.6 is 15.9 Å². The first kappa shape index (κ1) is 14.1. The first-order valence-electron chi connectivity index (χ1n) is 6.01. The fourth-order valence-electron chi connectivity index (χ4n) is 1.66. The molecule has 0 aliphatic heterocycles. The number of ether oxygens (including phenoxy) is 1. The second-order valence-corrected chi connectivity index (χ2v) is 4.97. The average molecular weight is 328 g/mol. The minimum Gasteiger partial charge on any atom is -0.491 e. The number of hydrogen-bond donors (Lipinski definition) is 1. The minimum absolute atomic E-state index is 0.120. The van der Waals surface area contributed by atoms with Crippen LogP contribution in [-0.2, 0) is 0 Å². The monoisotopic (exact) mass is 327 g/mol. The largest absolute Gasteiger partial charge is 0.491 e. The summed E-state index contributed by atoms with van der Waals surface area (Å²) >= 11 is 3.32. The molecule has 0 spiro atoms. The maximum Gasteiger partial charge on any atom is 0.136 e. The van der Waals surface area contributed by atoms with Crippen LogP contribution in [0.4, 0.5) is 4.39 Å². The van der Waals surface area contributed by atoms with Gasteiger partial charge in [-0.1, -0.05) is 0 Å². The Kier molecular flexibility index (Phi) is 4.99. The van der Waals surface area contributed by atoms with E-state index in [1.165, 1.54) is 12.1 Å². The molecular formula is C14H15BrFNO2. The number of nitrogens with one attached hydrogen (secondary N) is 1. The van der Waals surface area contributed by atoms with Crippen LogP contribution in [0.5, 0.6) is 5.75 Å². The summed E-state index contributed by atoms with van der Waals surface area (Å²) in [6.45, 7) is 3.11. The van der Waals surface area contributed by atoms with Gasteiger partial charge in [-0.15, -0.1) is 0 Å². The van der Waals surface area contributed by atoms with Crippen molar-refractivity contribution in [2.45, 2.75) is 13.0 Å². The Morgan fingerprint density at radius 3 is 3.00 bits per heavy atom. The third-order valence-electron chi connectivity index (χ3n) is 2.67. The quantitative estimate of drug-likeness (QED) is 0.817. The highest BCUT2D eigenvalue weighted by Crippen LogP contribution is 2.25. The minimum atomic E-state index is -0.310. The Morgan fingerprint density at radius 2 is 2.26 bits per heavy atom. The molecule has 0 amide bonds. The summed E-state index contributed by atoms with van der Waals surface area (Å²) < 4.78 is 24.6.